The van der Waals surface area contributed by atoms with Crippen molar-refractivity contribution in [3.05, 3.63) is 136 Å². The number of ether oxygens (including phenoxy) is 1. The van der Waals surface area contributed by atoms with Gasteiger partial charge >= 0.3 is 0 Å². The first-order valence-electron chi connectivity index (χ1n) is 15.6. The summed E-state index contributed by atoms with van der Waals surface area (Å²) in [5.41, 5.74) is 10.9. The van der Waals surface area contributed by atoms with E-state index in [1.54, 1.807) is 7.11 Å². The van der Waals surface area contributed by atoms with Crippen LogP contribution < -0.4 is 4.74 Å². The zero-order chi connectivity index (χ0) is 31.9. The fraction of sp³-hybridized carbons (Fsp3) is 0.220. The van der Waals surface area contributed by atoms with Gasteiger partial charge in [-0.1, -0.05) is 87.8 Å². The van der Waals surface area contributed by atoms with Gasteiger partial charge in [0.2, 0.25) is 0 Å². The van der Waals surface area contributed by atoms with Crippen LogP contribution in [0.4, 0.5) is 0 Å². The minimum Gasteiger partial charge on any atom is -0.493 e. The van der Waals surface area contributed by atoms with Gasteiger partial charge in [0.25, 0.3) is 0 Å². The van der Waals surface area contributed by atoms with Crippen molar-refractivity contribution in [3.63, 3.8) is 0 Å². The highest BCUT2D eigenvalue weighted by molar-refractivity contribution is 5.78. The van der Waals surface area contributed by atoms with Crippen LogP contribution >= 0.6 is 0 Å². The Morgan fingerprint density at radius 2 is 1.20 bits per heavy atom. The van der Waals surface area contributed by atoms with E-state index in [1.165, 1.54) is 0 Å². The molecular formula is C41H36N4O. The van der Waals surface area contributed by atoms with E-state index in [9.17, 15) is 0 Å². The van der Waals surface area contributed by atoms with Gasteiger partial charge in [0, 0.05) is 62.9 Å². The molecule has 0 saturated heterocycles. The molecule has 0 saturated carbocycles. The smallest absolute Gasteiger partial charge is 0.165 e. The van der Waals surface area contributed by atoms with Crippen LogP contribution in [0.1, 0.15) is 72.7 Å². The van der Waals surface area contributed by atoms with E-state index in [1.807, 2.05) is 60.7 Å². The number of H-pyrrole nitrogens is 2. The molecule has 2 aliphatic rings. The van der Waals surface area contributed by atoms with Gasteiger partial charge in [-0.15, -0.1) is 0 Å². The topological polar surface area (TPSA) is 66.6 Å². The predicted octanol–water partition coefficient (Wildman–Crippen LogP) is 8.16. The monoisotopic (exact) mass is 600 g/mol. The standard InChI is InChI=1S/C41H36N4O/c1-40(2)25-33-22-34-29(18-16-27-12-8-6-9-13-27)20-31(42-34)23-37-41(3,4)26-35(45-37)39(46-5)38-30(19-17-28-14-10-7-11-15-28)21-32(44-38)24-36(40)43-33/h6-15,20-24,42,44H,25-26H2,1-5H3. The molecule has 8 bridgehead atoms. The number of rotatable bonds is 1. The Morgan fingerprint density at radius 3 is 1.85 bits per heavy atom. The lowest BCUT2D eigenvalue weighted by Crippen LogP contribution is -2.15. The van der Waals surface area contributed by atoms with Gasteiger partial charge in [-0.05, 0) is 54.6 Å². The van der Waals surface area contributed by atoms with Gasteiger partial charge in [-0.25, -0.2) is 0 Å². The third kappa shape index (κ3) is 5.81. The Kier molecular flexibility index (Phi) is 7.26. The van der Waals surface area contributed by atoms with Crippen LogP contribution in [0.15, 0.2) is 91.0 Å². The molecule has 5 heteroatoms. The van der Waals surface area contributed by atoms with Crippen LogP contribution in [0.5, 0.6) is 5.75 Å². The van der Waals surface area contributed by atoms with Crippen molar-refractivity contribution in [2.45, 2.75) is 51.4 Å². The number of methoxy groups -OCH3 is 1. The lowest BCUT2D eigenvalue weighted by Gasteiger charge is -2.16. The molecule has 0 spiro atoms. The van der Waals surface area contributed by atoms with Crippen molar-refractivity contribution >= 4 is 22.1 Å². The van der Waals surface area contributed by atoms with Gasteiger partial charge in [0.1, 0.15) is 0 Å². The van der Waals surface area contributed by atoms with Gasteiger partial charge in [-0.2, -0.15) is 0 Å². The average molecular weight is 601 g/mol. The molecule has 5 nitrogen and oxygen atoms in total. The zero-order valence-electron chi connectivity index (χ0n) is 26.9. The van der Waals surface area contributed by atoms with Gasteiger partial charge < -0.3 is 14.7 Å². The molecule has 2 aromatic carbocycles. The molecule has 2 N–H and O–H groups in total. The molecule has 5 aromatic rings. The first-order chi connectivity index (χ1) is 22.2. The van der Waals surface area contributed by atoms with E-state index >= 15 is 0 Å². The Hall–Kier alpha value is -5.52. The Morgan fingerprint density at radius 1 is 0.630 bits per heavy atom. The zero-order valence-corrected chi connectivity index (χ0v) is 26.9. The molecule has 0 radical (unpaired) electrons. The van der Waals surface area contributed by atoms with Crippen molar-refractivity contribution in [2.75, 3.05) is 7.11 Å². The van der Waals surface area contributed by atoms with Gasteiger partial charge in [0.15, 0.2) is 5.75 Å². The second-order valence-electron chi connectivity index (χ2n) is 13.3. The molecule has 0 aliphatic carbocycles. The summed E-state index contributed by atoms with van der Waals surface area (Å²) in [6.45, 7) is 8.92. The molecule has 226 valence electrons. The molecule has 7 rings (SSSR count). The molecule has 0 atom stereocenters. The molecule has 3 aromatic heterocycles. The Balaban J connectivity index is 1.53. The summed E-state index contributed by atoms with van der Waals surface area (Å²) in [5.74, 6) is 14.2. The lowest BCUT2D eigenvalue weighted by atomic mass is 9.87. The van der Waals surface area contributed by atoms with Crippen LogP contribution in [0.3, 0.4) is 0 Å². The summed E-state index contributed by atoms with van der Waals surface area (Å²) >= 11 is 0. The number of fused-ring (bicyclic) bond motifs is 8. The van der Waals surface area contributed by atoms with Gasteiger partial charge in [0.05, 0.1) is 35.0 Å². The number of hydrogen-bond acceptors (Lipinski definition) is 3. The largest absolute Gasteiger partial charge is 0.493 e. The Bertz CT molecular complexity index is 2250. The van der Waals surface area contributed by atoms with Crippen molar-refractivity contribution in [2.24, 2.45) is 0 Å². The maximum Gasteiger partial charge on any atom is 0.165 e. The second-order valence-corrected chi connectivity index (χ2v) is 13.3. The van der Waals surface area contributed by atoms with E-state index in [2.05, 4.69) is 91.7 Å². The molecule has 46 heavy (non-hydrogen) atoms. The highest BCUT2D eigenvalue weighted by atomic mass is 16.5. The molecule has 0 unspecified atom stereocenters. The molecule has 0 fully saturated rings. The second kappa shape index (κ2) is 11.4. The summed E-state index contributed by atoms with van der Waals surface area (Å²) in [7, 11) is 1.71. The summed E-state index contributed by atoms with van der Waals surface area (Å²) in [4.78, 5) is 17.6. The van der Waals surface area contributed by atoms with E-state index in [0.29, 0.717) is 5.75 Å². The van der Waals surface area contributed by atoms with Crippen molar-refractivity contribution in [3.8, 4) is 29.4 Å². The fourth-order valence-electron chi connectivity index (χ4n) is 6.17. The highest BCUT2D eigenvalue weighted by Gasteiger charge is 2.32. The normalized spacial score (nSPS) is 14.5. The summed E-state index contributed by atoms with van der Waals surface area (Å²) in [6.07, 6.45) is 1.54. The van der Waals surface area contributed by atoms with E-state index in [4.69, 9.17) is 14.7 Å². The predicted molar refractivity (Wildman–Crippen MR) is 186 cm³/mol. The van der Waals surface area contributed by atoms with E-state index in [-0.39, 0.29) is 10.8 Å². The third-order valence-electron chi connectivity index (χ3n) is 8.67. The van der Waals surface area contributed by atoms with Crippen LogP contribution in [-0.2, 0) is 23.7 Å². The van der Waals surface area contributed by atoms with E-state index < -0.39 is 0 Å². The quantitative estimate of drug-likeness (QED) is 0.191. The summed E-state index contributed by atoms with van der Waals surface area (Å²) in [6, 6.07) is 30.7. The minimum absolute atomic E-state index is 0.158. The van der Waals surface area contributed by atoms with Crippen LogP contribution in [-0.4, -0.2) is 27.0 Å². The van der Waals surface area contributed by atoms with E-state index in [0.717, 1.165) is 79.9 Å². The number of nitrogens with zero attached hydrogens (tertiary/aromatic N) is 2. The first-order valence-corrected chi connectivity index (χ1v) is 15.6. The molecular weight excluding hydrogens is 564 g/mol. The van der Waals surface area contributed by atoms with Crippen molar-refractivity contribution in [1.82, 2.24) is 19.9 Å². The lowest BCUT2D eigenvalue weighted by molar-refractivity contribution is 0.409. The van der Waals surface area contributed by atoms with Crippen molar-refractivity contribution < 1.29 is 4.74 Å². The third-order valence-corrected chi connectivity index (χ3v) is 8.67. The fourth-order valence-corrected chi connectivity index (χ4v) is 6.17. The molecule has 5 heterocycles. The van der Waals surface area contributed by atoms with Crippen molar-refractivity contribution in [1.29, 1.82) is 0 Å². The van der Waals surface area contributed by atoms with Crippen LogP contribution in [0.2, 0.25) is 0 Å². The Labute approximate surface area is 270 Å². The minimum atomic E-state index is -0.210. The molecule has 0 amide bonds. The average Bonchev–Trinajstić information content (AvgIpc) is 3.76. The number of benzene rings is 2. The number of aromatic nitrogens is 4. The van der Waals surface area contributed by atoms with Crippen LogP contribution in [0.25, 0.3) is 22.1 Å². The summed E-state index contributed by atoms with van der Waals surface area (Å²) < 4.78 is 6.11. The number of hydrogen-bond donors (Lipinski definition) is 2. The first kappa shape index (κ1) is 29.2. The molecule has 2 aliphatic heterocycles. The maximum absolute atomic E-state index is 6.11. The summed E-state index contributed by atoms with van der Waals surface area (Å²) in [5, 5.41) is 0. The SMILES string of the molecule is COc1c2nc(cc3cc(C#Cc4ccccc4)c(cc4nc(cc5cc(C#Cc6ccccc6)c1[nH]5)C(C)(C)C4)[nH]3)C(C)(C)C2. The van der Waals surface area contributed by atoms with Gasteiger partial charge in [-0.3, -0.25) is 9.97 Å². The number of aromatic amines is 2. The maximum atomic E-state index is 6.11. The number of nitrogens with one attached hydrogen (secondary N) is 2. The highest BCUT2D eigenvalue weighted by Crippen LogP contribution is 2.37. The van der Waals surface area contributed by atoms with Crippen LogP contribution in [0, 0.1) is 23.7 Å².